The van der Waals surface area contributed by atoms with Crippen molar-refractivity contribution in [2.24, 2.45) is 13.0 Å². The minimum atomic E-state index is -1.01. The summed E-state index contributed by atoms with van der Waals surface area (Å²) in [6.45, 7) is 3.54. The number of rotatable bonds is 4. The second-order valence-electron chi connectivity index (χ2n) is 8.62. The van der Waals surface area contributed by atoms with Crippen LogP contribution in [-0.2, 0) is 7.05 Å². The van der Waals surface area contributed by atoms with Crippen LogP contribution < -0.4 is 15.8 Å². The van der Waals surface area contributed by atoms with E-state index in [-0.39, 0.29) is 11.4 Å². The van der Waals surface area contributed by atoms with Gasteiger partial charge in [0.05, 0.1) is 17.6 Å². The Hall–Kier alpha value is -4.15. The van der Waals surface area contributed by atoms with Gasteiger partial charge in [-0.15, -0.1) is 0 Å². The van der Waals surface area contributed by atoms with Gasteiger partial charge in [-0.2, -0.15) is 14.9 Å². The third-order valence-corrected chi connectivity index (χ3v) is 6.12. The Labute approximate surface area is 197 Å². The highest BCUT2D eigenvalue weighted by molar-refractivity contribution is 6.09. The van der Waals surface area contributed by atoms with Crippen LogP contribution in [0.5, 0.6) is 0 Å². The first-order valence-corrected chi connectivity index (χ1v) is 11.0. The van der Waals surface area contributed by atoms with Crippen molar-refractivity contribution in [2.75, 3.05) is 23.3 Å². The molecule has 0 radical (unpaired) electrons. The van der Waals surface area contributed by atoms with Gasteiger partial charge in [0.2, 0.25) is 0 Å². The van der Waals surface area contributed by atoms with Gasteiger partial charge in [-0.25, -0.2) is 13.2 Å². The van der Waals surface area contributed by atoms with Crippen LogP contribution in [0.1, 0.15) is 23.8 Å². The maximum absolute atomic E-state index is 15.0. The second-order valence-corrected chi connectivity index (χ2v) is 8.62. The molecular formula is C24H21F3N6O2. The highest BCUT2D eigenvalue weighted by Gasteiger charge is 2.27. The van der Waals surface area contributed by atoms with Gasteiger partial charge in [-0.05, 0) is 30.5 Å². The third-order valence-electron chi connectivity index (χ3n) is 6.12. The van der Waals surface area contributed by atoms with Gasteiger partial charge in [0.15, 0.2) is 17.5 Å². The second kappa shape index (κ2) is 8.57. The lowest BCUT2D eigenvalue weighted by molar-refractivity contribution is 0.102. The van der Waals surface area contributed by atoms with Gasteiger partial charge >= 0.3 is 0 Å². The van der Waals surface area contributed by atoms with E-state index in [1.165, 1.54) is 10.7 Å². The van der Waals surface area contributed by atoms with E-state index in [2.05, 4.69) is 27.3 Å². The molecule has 11 heteroatoms. The number of hydrogen-bond acceptors (Lipinski definition) is 5. The highest BCUT2D eigenvalue weighted by Crippen LogP contribution is 2.39. The summed E-state index contributed by atoms with van der Waals surface area (Å²) < 4.78 is 45.4. The van der Waals surface area contributed by atoms with E-state index >= 15 is 0 Å². The molecule has 1 aliphatic heterocycles. The van der Waals surface area contributed by atoms with Crippen molar-refractivity contribution in [1.82, 2.24) is 19.6 Å². The molecule has 0 saturated carbocycles. The summed E-state index contributed by atoms with van der Waals surface area (Å²) in [4.78, 5) is 27.5. The zero-order valence-electron chi connectivity index (χ0n) is 18.9. The number of hydrogen-bond donors (Lipinski definition) is 1. The summed E-state index contributed by atoms with van der Waals surface area (Å²) in [6, 6.07) is 6.46. The average molecular weight is 482 g/mol. The van der Waals surface area contributed by atoms with Crippen LogP contribution in [0.4, 0.5) is 24.5 Å². The van der Waals surface area contributed by atoms with Gasteiger partial charge in [0, 0.05) is 37.7 Å². The molecule has 0 spiro atoms. The molecule has 0 aliphatic carbocycles. The molecule has 2 aromatic heterocycles. The normalized spacial score (nSPS) is 15.7. The molecule has 1 aliphatic rings. The van der Waals surface area contributed by atoms with Crippen molar-refractivity contribution in [1.29, 1.82) is 0 Å². The molecule has 180 valence electrons. The number of carbonyl (C=O) groups excluding carboxylic acids is 1. The van der Waals surface area contributed by atoms with Crippen molar-refractivity contribution < 1.29 is 18.0 Å². The smallest absolute Gasteiger partial charge is 0.276 e. The highest BCUT2D eigenvalue weighted by atomic mass is 19.1. The van der Waals surface area contributed by atoms with E-state index in [1.54, 1.807) is 13.2 Å². The minimum Gasteiger partial charge on any atom is -0.369 e. The number of aromatic nitrogens is 4. The first-order chi connectivity index (χ1) is 16.7. The monoisotopic (exact) mass is 482 g/mol. The predicted octanol–water partition coefficient (Wildman–Crippen LogP) is 3.64. The number of fused-ring (bicyclic) bond motifs is 1. The van der Waals surface area contributed by atoms with E-state index in [4.69, 9.17) is 0 Å². The van der Waals surface area contributed by atoms with Gasteiger partial charge in [0.25, 0.3) is 11.5 Å². The van der Waals surface area contributed by atoms with Crippen LogP contribution in [0.25, 0.3) is 16.6 Å². The Morgan fingerprint density at radius 2 is 1.83 bits per heavy atom. The van der Waals surface area contributed by atoms with Gasteiger partial charge in [0.1, 0.15) is 16.9 Å². The molecule has 1 fully saturated rings. The third kappa shape index (κ3) is 3.92. The maximum Gasteiger partial charge on any atom is 0.276 e. The van der Waals surface area contributed by atoms with Gasteiger partial charge < -0.3 is 10.2 Å². The summed E-state index contributed by atoms with van der Waals surface area (Å²) in [7, 11) is 1.63. The van der Waals surface area contributed by atoms with Crippen LogP contribution in [0, 0.1) is 23.4 Å². The predicted molar refractivity (Wildman–Crippen MR) is 124 cm³/mol. The topological polar surface area (TPSA) is 85.1 Å². The average Bonchev–Trinajstić information content (AvgIpc) is 3.41. The molecule has 4 aromatic rings. The zero-order chi connectivity index (χ0) is 24.9. The molecular weight excluding hydrogens is 461 g/mol. The molecule has 0 bridgehead atoms. The minimum absolute atomic E-state index is 0.207. The number of anilines is 2. The fourth-order valence-corrected chi connectivity index (χ4v) is 4.45. The van der Waals surface area contributed by atoms with Crippen molar-refractivity contribution >= 4 is 28.2 Å². The number of carbonyl (C=O) groups is 1. The zero-order valence-corrected chi connectivity index (χ0v) is 18.9. The summed E-state index contributed by atoms with van der Waals surface area (Å²) in [6.07, 6.45) is 2.49. The Balaban J connectivity index is 1.57. The van der Waals surface area contributed by atoms with Crippen LogP contribution in [0.3, 0.4) is 0 Å². The van der Waals surface area contributed by atoms with E-state index in [9.17, 15) is 22.8 Å². The number of para-hydroxylation sites is 1. The number of benzene rings is 2. The van der Waals surface area contributed by atoms with Crippen LogP contribution in [-0.4, -0.2) is 38.6 Å². The van der Waals surface area contributed by atoms with Crippen LogP contribution >= 0.6 is 0 Å². The molecule has 1 atom stereocenters. The molecule has 8 nitrogen and oxygen atoms in total. The van der Waals surface area contributed by atoms with Crippen LogP contribution in [0.2, 0.25) is 0 Å². The first kappa shape index (κ1) is 22.6. The lowest BCUT2D eigenvalue weighted by atomic mass is 10.1. The van der Waals surface area contributed by atoms with Crippen molar-refractivity contribution in [3.05, 3.63) is 76.1 Å². The molecule has 35 heavy (non-hydrogen) atoms. The van der Waals surface area contributed by atoms with E-state index in [0.717, 1.165) is 43.3 Å². The van der Waals surface area contributed by atoms with Crippen molar-refractivity contribution in [3.8, 4) is 5.69 Å². The van der Waals surface area contributed by atoms with Crippen molar-refractivity contribution in [2.45, 2.75) is 13.3 Å². The molecule has 0 unspecified atom stereocenters. The Morgan fingerprint density at radius 3 is 2.51 bits per heavy atom. The number of amides is 1. The lowest BCUT2D eigenvalue weighted by Crippen LogP contribution is -2.27. The maximum atomic E-state index is 15.0. The van der Waals surface area contributed by atoms with Gasteiger partial charge in [-0.1, -0.05) is 13.0 Å². The summed E-state index contributed by atoms with van der Waals surface area (Å²) >= 11 is 0. The van der Waals surface area contributed by atoms with E-state index in [0.29, 0.717) is 33.7 Å². The molecule has 2 aromatic carbocycles. The molecule has 1 amide bonds. The lowest BCUT2D eigenvalue weighted by Gasteiger charge is -2.23. The Kier molecular flexibility index (Phi) is 5.54. The number of halogens is 3. The quantitative estimate of drug-likeness (QED) is 0.480. The SMILES string of the molecule is C[C@H]1CCN(c2c(NC(=O)c3ccc(=O)n(-c4c(F)cccc4F)n3)cc(F)c3c2cnn3C)C1. The number of aryl methyl sites for hydroxylation is 1. The molecule has 1 saturated heterocycles. The van der Waals surface area contributed by atoms with E-state index < -0.39 is 34.6 Å². The van der Waals surface area contributed by atoms with Crippen LogP contribution in [0.15, 0.2) is 47.4 Å². The first-order valence-electron chi connectivity index (χ1n) is 11.0. The fraction of sp³-hybridized carbons (Fsp3) is 0.250. The summed E-state index contributed by atoms with van der Waals surface area (Å²) in [5.41, 5.74) is -0.653. The Morgan fingerprint density at radius 1 is 1.09 bits per heavy atom. The molecule has 1 N–H and O–H groups in total. The summed E-state index contributed by atoms with van der Waals surface area (Å²) in [5.74, 6) is -2.95. The number of nitrogens with one attached hydrogen (secondary N) is 1. The molecule has 3 heterocycles. The Bertz CT molecular complexity index is 1510. The molecule has 5 rings (SSSR count). The van der Waals surface area contributed by atoms with Crippen molar-refractivity contribution in [3.63, 3.8) is 0 Å². The van der Waals surface area contributed by atoms with E-state index in [1.807, 2.05) is 0 Å². The summed E-state index contributed by atoms with van der Waals surface area (Å²) in [5, 5.41) is 11.3. The fourth-order valence-electron chi connectivity index (χ4n) is 4.45. The largest absolute Gasteiger partial charge is 0.369 e. The van der Waals surface area contributed by atoms with Gasteiger partial charge in [-0.3, -0.25) is 14.3 Å². The standard InChI is InChI=1S/C24H21F3N6O2/c1-13-8-9-32(12-13)22-14-11-28-31(2)21(14)17(27)10-19(22)29-24(35)18-6-7-20(34)33(30-18)23-15(25)4-3-5-16(23)26/h3-7,10-11,13H,8-9,12H2,1-2H3,(H,29,35)/t13-/m0/s1. The number of nitrogens with zero attached hydrogens (tertiary/aromatic N) is 5.